The minimum absolute atomic E-state index is 0. The van der Waals surface area contributed by atoms with Crippen molar-refractivity contribution in [2.24, 2.45) is 23.3 Å². The molecule has 4 atom stereocenters. The number of carboxylic acid groups (broad SMARTS) is 2. The molecule has 2 aliphatic carbocycles. The van der Waals surface area contributed by atoms with E-state index in [4.69, 9.17) is 11.5 Å². The Hall–Kier alpha value is -0.646. The molecule has 4 unspecified atom stereocenters. The first kappa shape index (κ1) is 20.4. The molecular weight excluding hydrogens is 319 g/mol. The second-order valence-electron chi connectivity index (χ2n) is 5.75. The first-order valence-corrected chi connectivity index (χ1v) is 7.36. The Labute approximate surface area is 135 Å². The van der Waals surface area contributed by atoms with E-state index in [-0.39, 0.29) is 28.6 Å². The van der Waals surface area contributed by atoms with Gasteiger partial charge >= 0.3 is 16.5 Å². The summed E-state index contributed by atoms with van der Waals surface area (Å²) in [6.07, 6.45) is 7.14. The van der Waals surface area contributed by atoms with Gasteiger partial charge in [0.1, 0.15) is 0 Å². The zero-order valence-corrected chi connectivity index (χ0v) is 13.1. The molecule has 2 rings (SSSR count). The van der Waals surface area contributed by atoms with E-state index < -0.39 is 23.8 Å². The molecule has 0 aromatic heterocycles. The number of carboxylic acids is 2. The predicted molar refractivity (Wildman–Crippen MR) is 69.9 cm³/mol. The molecule has 2 fully saturated rings. The second-order valence-corrected chi connectivity index (χ2v) is 5.75. The van der Waals surface area contributed by atoms with Crippen molar-refractivity contribution >= 4 is 11.9 Å². The van der Waals surface area contributed by atoms with Gasteiger partial charge in [0, 0.05) is 35.9 Å². The molecule has 6 nitrogen and oxygen atoms in total. The minimum atomic E-state index is -0.979. The quantitative estimate of drug-likeness (QED) is 0.587. The number of hydrogen-bond acceptors (Lipinski definition) is 6. The summed E-state index contributed by atoms with van der Waals surface area (Å²) in [6, 6.07) is -0.336. The van der Waals surface area contributed by atoms with E-state index in [0.29, 0.717) is 12.8 Å². The van der Waals surface area contributed by atoms with Crippen LogP contribution in [0.15, 0.2) is 0 Å². The first-order valence-electron chi connectivity index (χ1n) is 7.36. The van der Waals surface area contributed by atoms with Gasteiger partial charge in [-0.2, -0.15) is 0 Å². The zero-order valence-electron chi connectivity index (χ0n) is 12.1. The van der Waals surface area contributed by atoms with Crippen molar-refractivity contribution in [3.63, 3.8) is 0 Å². The van der Waals surface area contributed by atoms with E-state index in [1.165, 1.54) is 0 Å². The molecule has 124 valence electrons. The van der Waals surface area contributed by atoms with Crippen LogP contribution in [0.3, 0.4) is 0 Å². The molecule has 7 heteroatoms. The van der Waals surface area contributed by atoms with Crippen LogP contribution >= 0.6 is 0 Å². The SMILES string of the molecule is NC1CCCCC1C(=O)[O-].NC1CCCCC1C(=O)[O-].[Ni+2]. The van der Waals surface area contributed by atoms with Crippen LogP contribution in [-0.4, -0.2) is 24.0 Å². The van der Waals surface area contributed by atoms with Crippen LogP contribution in [0.5, 0.6) is 0 Å². The Morgan fingerprint density at radius 3 is 1.19 bits per heavy atom. The predicted octanol–water partition coefficient (Wildman–Crippen LogP) is -1.49. The summed E-state index contributed by atoms with van der Waals surface area (Å²) in [5, 5.41) is 20.7. The summed E-state index contributed by atoms with van der Waals surface area (Å²) < 4.78 is 0. The van der Waals surface area contributed by atoms with Crippen molar-refractivity contribution < 1.29 is 36.3 Å². The maximum Gasteiger partial charge on any atom is 2.00 e. The Morgan fingerprint density at radius 2 is 1.00 bits per heavy atom. The average Bonchev–Trinajstić information content (AvgIpc) is 2.40. The summed E-state index contributed by atoms with van der Waals surface area (Å²) in [5.74, 6) is -2.75. The summed E-state index contributed by atoms with van der Waals surface area (Å²) in [5.41, 5.74) is 11.1. The van der Waals surface area contributed by atoms with Gasteiger partial charge < -0.3 is 31.3 Å². The van der Waals surface area contributed by atoms with Crippen molar-refractivity contribution in [2.75, 3.05) is 0 Å². The Bertz CT molecular complexity index is 309. The summed E-state index contributed by atoms with van der Waals surface area (Å²) in [4.78, 5) is 20.7. The molecule has 2 aliphatic rings. The van der Waals surface area contributed by atoms with E-state index in [0.717, 1.165) is 38.5 Å². The van der Waals surface area contributed by atoms with Gasteiger partial charge in [-0.05, 0) is 25.7 Å². The van der Waals surface area contributed by atoms with Crippen LogP contribution in [0.4, 0.5) is 0 Å². The van der Waals surface area contributed by atoms with Crippen molar-refractivity contribution in [1.82, 2.24) is 0 Å². The van der Waals surface area contributed by atoms with Crippen LogP contribution in [0.25, 0.3) is 0 Å². The normalized spacial score (nSPS) is 32.1. The van der Waals surface area contributed by atoms with Gasteiger partial charge in [0.2, 0.25) is 0 Å². The maximum absolute atomic E-state index is 10.4. The van der Waals surface area contributed by atoms with Gasteiger partial charge in [-0.1, -0.05) is 25.7 Å². The summed E-state index contributed by atoms with van der Waals surface area (Å²) >= 11 is 0. The average molecular weight is 343 g/mol. The Kier molecular flexibility index (Phi) is 9.83. The maximum atomic E-state index is 10.4. The van der Waals surface area contributed by atoms with E-state index >= 15 is 0 Å². The molecular formula is C14H24N2NiO4. The van der Waals surface area contributed by atoms with Crippen LogP contribution in [0.2, 0.25) is 0 Å². The fourth-order valence-electron chi connectivity index (χ4n) is 2.90. The van der Waals surface area contributed by atoms with E-state index in [2.05, 4.69) is 0 Å². The smallest absolute Gasteiger partial charge is 0.550 e. The minimum Gasteiger partial charge on any atom is -0.550 e. The summed E-state index contributed by atoms with van der Waals surface area (Å²) in [7, 11) is 0. The molecule has 0 amide bonds. The van der Waals surface area contributed by atoms with Gasteiger partial charge in [-0.3, -0.25) is 0 Å². The molecule has 0 aromatic rings. The standard InChI is InChI=1S/2C7H13NO2.Ni/c2*8-6-4-2-1-3-5(6)7(9)10;/h2*5-6H,1-4,8H2,(H,9,10);/q;;+2/p-2. The van der Waals surface area contributed by atoms with Crippen LogP contribution in [0.1, 0.15) is 51.4 Å². The molecule has 0 aliphatic heterocycles. The van der Waals surface area contributed by atoms with E-state index in [1.807, 2.05) is 0 Å². The number of rotatable bonds is 2. The van der Waals surface area contributed by atoms with Crippen molar-refractivity contribution in [3.05, 3.63) is 0 Å². The van der Waals surface area contributed by atoms with Gasteiger partial charge in [0.25, 0.3) is 0 Å². The molecule has 0 heterocycles. The van der Waals surface area contributed by atoms with Crippen molar-refractivity contribution in [2.45, 2.75) is 63.5 Å². The van der Waals surface area contributed by atoms with Crippen LogP contribution in [0, 0.1) is 11.8 Å². The van der Waals surface area contributed by atoms with Gasteiger partial charge in [-0.15, -0.1) is 0 Å². The Morgan fingerprint density at radius 1 is 0.714 bits per heavy atom. The van der Waals surface area contributed by atoms with E-state index in [1.54, 1.807) is 0 Å². The van der Waals surface area contributed by atoms with Gasteiger partial charge in [-0.25, -0.2) is 0 Å². The molecule has 21 heavy (non-hydrogen) atoms. The fraction of sp³-hybridized carbons (Fsp3) is 0.857. The molecule has 2 saturated carbocycles. The molecule has 0 radical (unpaired) electrons. The monoisotopic (exact) mass is 342 g/mol. The van der Waals surface area contributed by atoms with Crippen LogP contribution < -0.4 is 21.7 Å². The number of hydrogen-bond donors (Lipinski definition) is 2. The number of nitrogens with two attached hydrogens (primary N) is 2. The number of carbonyl (C=O) groups excluding carboxylic acids is 2. The molecule has 0 spiro atoms. The number of aliphatic carboxylic acids is 2. The molecule has 4 N–H and O–H groups in total. The topological polar surface area (TPSA) is 132 Å². The number of carbonyl (C=O) groups is 2. The molecule has 0 saturated heterocycles. The zero-order chi connectivity index (χ0) is 15.1. The largest absolute Gasteiger partial charge is 2.00 e. The van der Waals surface area contributed by atoms with Gasteiger partial charge in [0.05, 0.1) is 0 Å². The third-order valence-electron chi connectivity index (χ3n) is 4.24. The van der Waals surface area contributed by atoms with Crippen molar-refractivity contribution in [1.29, 1.82) is 0 Å². The van der Waals surface area contributed by atoms with Crippen molar-refractivity contribution in [3.8, 4) is 0 Å². The third-order valence-corrected chi connectivity index (χ3v) is 4.24. The van der Waals surface area contributed by atoms with Crippen LogP contribution in [-0.2, 0) is 26.1 Å². The van der Waals surface area contributed by atoms with E-state index in [9.17, 15) is 19.8 Å². The fourth-order valence-corrected chi connectivity index (χ4v) is 2.90. The Balaban J connectivity index is 0.000000364. The summed E-state index contributed by atoms with van der Waals surface area (Å²) in [6.45, 7) is 0. The third kappa shape index (κ3) is 6.76. The second kappa shape index (κ2) is 10.1. The van der Waals surface area contributed by atoms with Gasteiger partial charge in [0.15, 0.2) is 0 Å². The first-order chi connectivity index (χ1) is 9.43. The molecule has 0 aromatic carbocycles. The molecule has 0 bridgehead atoms.